The molecule has 35 heavy (non-hydrogen) atoms. The molecule has 3 N–H and O–H groups in total. The summed E-state index contributed by atoms with van der Waals surface area (Å²) in [4.78, 5) is 25.7. The van der Waals surface area contributed by atoms with Crippen LogP contribution >= 0.6 is 11.3 Å². The molecule has 184 valence electrons. The van der Waals surface area contributed by atoms with Crippen LogP contribution in [0.15, 0.2) is 24.3 Å². The average molecular weight is 498 g/mol. The number of hydrogen-bond acceptors (Lipinski definition) is 6. The van der Waals surface area contributed by atoms with Gasteiger partial charge in [0.05, 0.1) is 5.69 Å². The molecular weight excluding hydrogens is 468 g/mol. The number of nitrogens with two attached hydrogens (primary N) is 1. The average Bonchev–Trinajstić information content (AvgIpc) is 3.41. The summed E-state index contributed by atoms with van der Waals surface area (Å²) >= 11 is 1.33. The molecule has 3 aromatic heterocycles. The minimum Gasteiger partial charge on any atom is -0.397 e. The van der Waals surface area contributed by atoms with E-state index in [1.54, 1.807) is 0 Å². The second-order valence-corrected chi connectivity index (χ2v) is 11.3. The number of fused-ring (bicyclic) bond motifs is 3. The van der Waals surface area contributed by atoms with E-state index >= 15 is 0 Å². The lowest BCUT2D eigenvalue weighted by atomic mass is 9.79. The lowest BCUT2D eigenvalue weighted by Crippen LogP contribution is -2.39. The molecule has 1 amide bonds. The molecule has 1 saturated carbocycles. The van der Waals surface area contributed by atoms with E-state index in [4.69, 9.17) is 10.7 Å². The zero-order valence-electron chi connectivity index (χ0n) is 19.7. The molecule has 4 heterocycles. The van der Waals surface area contributed by atoms with E-state index in [9.17, 15) is 13.6 Å². The Kier molecular flexibility index (Phi) is 5.43. The van der Waals surface area contributed by atoms with Crippen molar-refractivity contribution in [1.82, 2.24) is 15.3 Å². The van der Waals surface area contributed by atoms with Crippen LogP contribution in [0.25, 0.3) is 10.2 Å². The summed E-state index contributed by atoms with van der Waals surface area (Å²) < 4.78 is 28.8. The Balaban J connectivity index is 1.14. The molecule has 1 saturated heterocycles. The fraction of sp³-hybridized carbons (Fsp3) is 0.500. The molecule has 0 unspecified atom stereocenters. The number of carbonyl (C=O) groups is 1. The number of pyridine rings is 2. The van der Waals surface area contributed by atoms with Crippen LogP contribution in [-0.4, -0.2) is 40.9 Å². The van der Waals surface area contributed by atoms with E-state index < -0.39 is 11.8 Å². The predicted molar refractivity (Wildman–Crippen MR) is 134 cm³/mol. The Morgan fingerprint density at radius 1 is 1.20 bits per heavy atom. The first-order chi connectivity index (χ1) is 16.8. The van der Waals surface area contributed by atoms with Crippen molar-refractivity contribution in [3.8, 4) is 0 Å². The first kappa shape index (κ1) is 22.6. The summed E-state index contributed by atoms with van der Waals surface area (Å²) in [5.41, 5.74) is 9.74. The van der Waals surface area contributed by atoms with E-state index in [1.807, 2.05) is 30.0 Å². The van der Waals surface area contributed by atoms with Gasteiger partial charge in [-0.1, -0.05) is 6.07 Å². The van der Waals surface area contributed by atoms with Crippen LogP contribution in [0.2, 0.25) is 0 Å². The zero-order valence-corrected chi connectivity index (χ0v) is 20.5. The topological polar surface area (TPSA) is 84.1 Å². The normalized spacial score (nSPS) is 25.3. The van der Waals surface area contributed by atoms with Crippen LogP contribution in [0.4, 0.5) is 20.3 Å². The monoisotopic (exact) mass is 497 g/mol. The molecule has 0 aromatic carbocycles. The largest absolute Gasteiger partial charge is 0.397 e. The standard InChI is InChI=1S/C26H29F2N5OS/c1-14-4-7-18-22(29)23(35-25(18)30-14)24(34)31-17-6-8-20-15(11-17)5-9-21(32-20)33-12-16-3-2-10-26(27,28)19(16)13-33/h4-5,7,9,16-17,19H,2-3,6,8,10-13,29H2,1H3,(H,31,34)/t16-,17+,19+/m1/s1. The van der Waals surface area contributed by atoms with E-state index in [0.717, 1.165) is 52.2 Å². The number of alkyl halides is 2. The van der Waals surface area contributed by atoms with Gasteiger partial charge in [0.25, 0.3) is 11.8 Å². The number of rotatable bonds is 3. The molecular formula is C26H29F2N5OS. The molecule has 3 aromatic rings. The smallest absolute Gasteiger partial charge is 0.263 e. The second kappa shape index (κ2) is 8.40. The lowest BCUT2D eigenvalue weighted by Gasteiger charge is -2.32. The third kappa shape index (κ3) is 4.03. The van der Waals surface area contributed by atoms with Crippen LogP contribution < -0.4 is 16.0 Å². The maximum Gasteiger partial charge on any atom is 0.263 e. The molecule has 6 rings (SSSR count). The Bertz CT molecular complexity index is 1310. The Hall–Kier alpha value is -2.81. The van der Waals surface area contributed by atoms with Gasteiger partial charge in [-0.2, -0.15) is 0 Å². The van der Waals surface area contributed by atoms with Crippen molar-refractivity contribution in [2.24, 2.45) is 11.8 Å². The summed E-state index contributed by atoms with van der Waals surface area (Å²) in [7, 11) is 0. The lowest BCUT2D eigenvalue weighted by molar-refractivity contribution is -0.0930. The van der Waals surface area contributed by atoms with Crippen LogP contribution in [-0.2, 0) is 12.8 Å². The number of aromatic nitrogens is 2. The number of thiophene rings is 1. The Morgan fingerprint density at radius 2 is 2.06 bits per heavy atom. The van der Waals surface area contributed by atoms with Crippen molar-refractivity contribution in [3.05, 3.63) is 46.1 Å². The highest BCUT2D eigenvalue weighted by Gasteiger charge is 2.51. The van der Waals surface area contributed by atoms with Gasteiger partial charge in [-0.25, -0.2) is 18.7 Å². The quantitative estimate of drug-likeness (QED) is 0.546. The molecule has 3 aliphatic rings. The highest BCUT2D eigenvalue weighted by Crippen LogP contribution is 2.46. The number of hydrogen-bond donors (Lipinski definition) is 2. The summed E-state index contributed by atoms with van der Waals surface area (Å²) in [6.45, 7) is 2.96. The molecule has 9 heteroatoms. The van der Waals surface area contributed by atoms with Crippen LogP contribution in [0.5, 0.6) is 0 Å². The van der Waals surface area contributed by atoms with Crippen molar-refractivity contribution in [2.75, 3.05) is 23.7 Å². The molecule has 0 spiro atoms. The molecule has 6 nitrogen and oxygen atoms in total. The van der Waals surface area contributed by atoms with Gasteiger partial charge in [0.2, 0.25) is 0 Å². The first-order valence-electron chi connectivity index (χ1n) is 12.4. The summed E-state index contributed by atoms with van der Waals surface area (Å²) in [5, 5.41) is 3.96. The Labute approximate surface area is 206 Å². The Morgan fingerprint density at radius 3 is 2.89 bits per heavy atom. The van der Waals surface area contributed by atoms with Crippen molar-refractivity contribution >= 4 is 39.0 Å². The number of nitrogens with zero attached hydrogens (tertiary/aromatic N) is 3. The number of nitrogen functional groups attached to an aromatic ring is 1. The van der Waals surface area contributed by atoms with Crippen LogP contribution in [0, 0.1) is 18.8 Å². The van der Waals surface area contributed by atoms with Crippen LogP contribution in [0.3, 0.4) is 0 Å². The van der Waals surface area contributed by atoms with E-state index in [0.29, 0.717) is 36.5 Å². The minimum absolute atomic E-state index is 0.00435. The minimum atomic E-state index is -2.57. The number of carbonyl (C=O) groups excluding carboxylic acids is 1. The molecule has 1 aliphatic heterocycles. The third-order valence-corrected chi connectivity index (χ3v) is 9.03. The maximum atomic E-state index is 14.4. The van der Waals surface area contributed by atoms with Gasteiger partial charge >= 0.3 is 0 Å². The van der Waals surface area contributed by atoms with E-state index in [-0.39, 0.29) is 24.3 Å². The van der Waals surface area contributed by atoms with Crippen LogP contribution in [0.1, 0.15) is 52.3 Å². The highest BCUT2D eigenvalue weighted by atomic mass is 32.1. The number of amides is 1. The number of halogens is 2. The van der Waals surface area contributed by atoms with Gasteiger partial charge in [-0.3, -0.25) is 4.79 Å². The summed E-state index contributed by atoms with van der Waals surface area (Å²) in [5.74, 6) is -2.44. The van der Waals surface area contributed by atoms with Gasteiger partial charge in [0, 0.05) is 48.2 Å². The molecule has 0 bridgehead atoms. The predicted octanol–water partition coefficient (Wildman–Crippen LogP) is 4.74. The van der Waals surface area contributed by atoms with Crippen molar-refractivity contribution in [2.45, 2.75) is 57.4 Å². The molecule has 3 atom stereocenters. The molecule has 2 fully saturated rings. The number of aryl methyl sites for hydroxylation is 2. The first-order valence-corrected chi connectivity index (χ1v) is 13.2. The van der Waals surface area contributed by atoms with E-state index in [1.165, 1.54) is 11.3 Å². The fourth-order valence-corrected chi connectivity index (χ4v) is 7.07. The third-order valence-electron chi connectivity index (χ3n) is 7.92. The van der Waals surface area contributed by atoms with E-state index in [2.05, 4.69) is 16.4 Å². The number of anilines is 2. The van der Waals surface area contributed by atoms with Gasteiger partial charge in [0.15, 0.2) is 0 Å². The van der Waals surface area contributed by atoms with Gasteiger partial charge in [-0.05, 0) is 68.7 Å². The highest BCUT2D eigenvalue weighted by molar-refractivity contribution is 7.21. The molecule has 2 aliphatic carbocycles. The van der Waals surface area contributed by atoms with Crippen molar-refractivity contribution < 1.29 is 13.6 Å². The summed E-state index contributed by atoms with van der Waals surface area (Å²) in [6.07, 6.45) is 3.71. The zero-order chi connectivity index (χ0) is 24.3. The van der Waals surface area contributed by atoms with Gasteiger partial charge < -0.3 is 16.0 Å². The fourth-order valence-electron chi connectivity index (χ4n) is 6.02. The van der Waals surface area contributed by atoms with Crippen molar-refractivity contribution in [1.29, 1.82) is 0 Å². The van der Waals surface area contributed by atoms with Gasteiger partial charge in [0.1, 0.15) is 15.5 Å². The number of nitrogens with one attached hydrogen (secondary N) is 1. The molecule has 0 radical (unpaired) electrons. The SMILES string of the molecule is Cc1ccc2c(N)c(C(=O)N[C@H]3CCc4nc(N5C[C@H]6CCCC(F)(F)[C@H]6C5)ccc4C3)sc2n1. The van der Waals surface area contributed by atoms with Gasteiger partial charge in [-0.15, -0.1) is 11.3 Å². The van der Waals surface area contributed by atoms with Crippen molar-refractivity contribution in [3.63, 3.8) is 0 Å². The maximum absolute atomic E-state index is 14.4. The summed E-state index contributed by atoms with van der Waals surface area (Å²) in [6, 6.07) is 7.81. The second-order valence-electron chi connectivity index (χ2n) is 10.3.